The van der Waals surface area contributed by atoms with Gasteiger partial charge in [-0.25, -0.2) is 0 Å². The Labute approximate surface area is 115 Å². The lowest BCUT2D eigenvalue weighted by Gasteiger charge is -2.36. The van der Waals surface area contributed by atoms with Crippen molar-refractivity contribution in [3.63, 3.8) is 0 Å². The molecule has 0 radical (unpaired) electrons. The zero-order valence-corrected chi connectivity index (χ0v) is 12.0. The molecule has 2 saturated heterocycles. The standard InChI is InChI=1S/C14H25N3O2/c1-11(15-2)6-3-4-8-16-10-13(18)17-9-5-7-12(17)14(16)19/h11-12,15H,3-10H2,1-2H3. The van der Waals surface area contributed by atoms with Gasteiger partial charge in [0, 0.05) is 19.1 Å². The first-order chi connectivity index (χ1) is 9.13. The number of hydrogen-bond acceptors (Lipinski definition) is 3. The topological polar surface area (TPSA) is 52.7 Å². The first kappa shape index (κ1) is 14.3. The van der Waals surface area contributed by atoms with Gasteiger partial charge in [0.1, 0.15) is 6.04 Å². The number of unbranched alkanes of at least 4 members (excludes halogenated alkanes) is 1. The summed E-state index contributed by atoms with van der Waals surface area (Å²) in [5.74, 6) is 0.296. The molecule has 2 heterocycles. The van der Waals surface area contributed by atoms with Gasteiger partial charge in [-0.3, -0.25) is 9.59 Å². The van der Waals surface area contributed by atoms with Crippen LogP contribution in [0.3, 0.4) is 0 Å². The Bertz CT molecular complexity index is 346. The van der Waals surface area contributed by atoms with E-state index in [9.17, 15) is 9.59 Å². The van der Waals surface area contributed by atoms with E-state index in [2.05, 4.69) is 12.2 Å². The van der Waals surface area contributed by atoms with Gasteiger partial charge in [-0.2, -0.15) is 0 Å². The summed E-state index contributed by atoms with van der Waals surface area (Å²) in [5.41, 5.74) is 0. The Morgan fingerprint density at radius 1 is 1.37 bits per heavy atom. The molecule has 108 valence electrons. The number of hydrogen-bond donors (Lipinski definition) is 1. The molecule has 0 bridgehead atoms. The van der Waals surface area contributed by atoms with Crippen molar-refractivity contribution in [3.8, 4) is 0 Å². The number of nitrogens with one attached hydrogen (secondary N) is 1. The fourth-order valence-electron chi connectivity index (χ4n) is 2.95. The smallest absolute Gasteiger partial charge is 0.245 e. The Morgan fingerprint density at radius 2 is 2.16 bits per heavy atom. The fourth-order valence-corrected chi connectivity index (χ4v) is 2.95. The lowest BCUT2D eigenvalue weighted by atomic mass is 10.1. The van der Waals surface area contributed by atoms with Gasteiger partial charge in [0.15, 0.2) is 0 Å². The van der Waals surface area contributed by atoms with Gasteiger partial charge in [0.05, 0.1) is 6.54 Å². The van der Waals surface area contributed by atoms with Gasteiger partial charge in [-0.15, -0.1) is 0 Å². The molecule has 2 fully saturated rings. The molecule has 19 heavy (non-hydrogen) atoms. The first-order valence-corrected chi connectivity index (χ1v) is 7.39. The number of carbonyl (C=O) groups excluding carboxylic acids is 2. The minimum Gasteiger partial charge on any atom is -0.332 e. The SMILES string of the molecule is CNC(C)CCCCN1CC(=O)N2CCCC2C1=O. The number of rotatable bonds is 6. The van der Waals surface area contributed by atoms with Crippen molar-refractivity contribution in [2.75, 3.05) is 26.7 Å². The maximum absolute atomic E-state index is 12.3. The van der Waals surface area contributed by atoms with E-state index in [1.54, 1.807) is 9.80 Å². The molecule has 2 aliphatic rings. The summed E-state index contributed by atoms with van der Waals surface area (Å²) in [6, 6.07) is 0.362. The summed E-state index contributed by atoms with van der Waals surface area (Å²) in [4.78, 5) is 27.7. The highest BCUT2D eigenvalue weighted by molar-refractivity contribution is 5.95. The van der Waals surface area contributed by atoms with Gasteiger partial charge in [0.25, 0.3) is 0 Å². The summed E-state index contributed by atoms with van der Waals surface area (Å²) >= 11 is 0. The molecule has 0 aromatic heterocycles. The van der Waals surface area contributed by atoms with Crippen LogP contribution in [-0.4, -0.2) is 60.4 Å². The molecule has 2 amide bonds. The van der Waals surface area contributed by atoms with E-state index in [-0.39, 0.29) is 24.4 Å². The van der Waals surface area contributed by atoms with Crippen LogP contribution in [0.4, 0.5) is 0 Å². The van der Waals surface area contributed by atoms with Crippen LogP contribution in [0.5, 0.6) is 0 Å². The van der Waals surface area contributed by atoms with Gasteiger partial charge in [-0.05, 0) is 39.7 Å². The Kier molecular flexibility index (Phi) is 4.80. The summed E-state index contributed by atoms with van der Waals surface area (Å²) in [6.45, 7) is 3.94. The molecule has 0 aromatic rings. The van der Waals surface area contributed by atoms with Crippen LogP contribution >= 0.6 is 0 Å². The van der Waals surface area contributed by atoms with E-state index < -0.39 is 0 Å². The Balaban J connectivity index is 1.77. The van der Waals surface area contributed by atoms with Crippen molar-refractivity contribution < 1.29 is 9.59 Å². The Morgan fingerprint density at radius 3 is 2.89 bits per heavy atom. The van der Waals surface area contributed by atoms with Gasteiger partial charge in [-0.1, -0.05) is 6.42 Å². The number of nitrogens with zero attached hydrogens (tertiary/aromatic N) is 2. The predicted molar refractivity (Wildman–Crippen MR) is 73.7 cm³/mol. The first-order valence-electron chi connectivity index (χ1n) is 7.39. The lowest BCUT2D eigenvalue weighted by Crippen LogP contribution is -2.57. The molecule has 0 aliphatic carbocycles. The molecule has 5 nitrogen and oxygen atoms in total. The zero-order valence-electron chi connectivity index (χ0n) is 12.0. The maximum Gasteiger partial charge on any atom is 0.245 e. The van der Waals surface area contributed by atoms with Crippen molar-refractivity contribution in [3.05, 3.63) is 0 Å². The van der Waals surface area contributed by atoms with Gasteiger partial charge in [0.2, 0.25) is 11.8 Å². The quantitative estimate of drug-likeness (QED) is 0.717. The Hall–Kier alpha value is -1.10. The lowest BCUT2D eigenvalue weighted by molar-refractivity contribution is -0.153. The third-order valence-corrected chi connectivity index (χ3v) is 4.30. The van der Waals surface area contributed by atoms with Gasteiger partial charge < -0.3 is 15.1 Å². The van der Waals surface area contributed by atoms with Crippen LogP contribution in [0.2, 0.25) is 0 Å². The molecular formula is C14H25N3O2. The van der Waals surface area contributed by atoms with Crippen molar-refractivity contribution in [2.45, 2.75) is 51.1 Å². The third kappa shape index (κ3) is 3.26. The highest BCUT2D eigenvalue weighted by atomic mass is 16.2. The van der Waals surface area contributed by atoms with E-state index in [1.807, 2.05) is 7.05 Å². The minimum atomic E-state index is -0.155. The second kappa shape index (κ2) is 6.37. The van der Waals surface area contributed by atoms with E-state index in [4.69, 9.17) is 0 Å². The largest absolute Gasteiger partial charge is 0.332 e. The number of piperazine rings is 1. The molecule has 2 unspecified atom stereocenters. The molecule has 5 heteroatoms. The molecule has 0 spiro atoms. The second-order valence-corrected chi connectivity index (χ2v) is 5.69. The summed E-state index contributed by atoms with van der Waals surface area (Å²) in [7, 11) is 1.96. The molecule has 2 rings (SSSR count). The van der Waals surface area contributed by atoms with E-state index in [0.717, 1.165) is 45.2 Å². The van der Waals surface area contributed by atoms with Gasteiger partial charge >= 0.3 is 0 Å². The zero-order chi connectivity index (χ0) is 13.8. The second-order valence-electron chi connectivity index (χ2n) is 5.69. The maximum atomic E-state index is 12.3. The van der Waals surface area contributed by atoms with Crippen LogP contribution in [0.1, 0.15) is 39.0 Å². The van der Waals surface area contributed by atoms with E-state index >= 15 is 0 Å². The normalized spacial score (nSPS) is 24.8. The molecule has 0 saturated carbocycles. The average Bonchev–Trinajstić information content (AvgIpc) is 2.89. The molecule has 1 N–H and O–H groups in total. The molecule has 2 aliphatic heterocycles. The van der Waals surface area contributed by atoms with Crippen molar-refractivity contribution in [1.29, 1.82) is 0 Å². The third-order valence-electron chi connectivity index (χ3n) is 4.30. The number of carbonyl (C=O) groups is 2. The molecular weight excluding hydrogens is 242 g/mol. The average molecular weight is 267 g/mol. The number of amides is 2. The monoisotopic (exact) mass is 267 g/mol. The predicted octanol–water partition coefficient (Wildman–Crippen LogP) is 0.598. The van der Waals surface area contributed by atoms with Crippen molar-refractivity contribution >= 4 is 11.8 Å². The van der Waals surface area contributed by atoms with Crippen LogP contribution in [0.15, 0.2) is 0 Å². The van der Waals surface area contributed by atoms with E-state index in [0.29, 0.717) is 6.04 Å². The summed E-state index contributed by atoms with van der Waals surface area (Å²) in [5, 5.41) is 3.21. The fraction of sp³-hybridized carbons (Fsp3) is 0.857. The van der Waals surface area contributed by atoms with Crippen molar-refractivity contribution in [1.82, 2.24) is 15.1 Å². The summed E-state index contributed by atoms with van der Waals surface area (Å²) in [6.07, 6.45) is 5.00. The minimum absolute atomic E-state index is 0.130. The number of fused-ring (bicyclic) bond motifs is 1. The van der Waals surface area contributed by atoms with Crippen LogP contribution in [0, 0.1) is 0 Å². The van der Waals surface area contributed by atoms with Crippen LogP contribution in [-0.2, 0) is 9.59 Å². The van der Waals surface area contributed by atoms with E-state index in [1.165, 1.54) is 0 Å². The molecule has 2 atom stereocenters. The highest BCUT2D eigenvalue weighted by Crippen LogP contribution is 2.23. The van der Waals surface area contributed by atoms with Crippen LogP contribution < -0.4 is 5.32 Å². The highest BCUT2D eigenvalue weighted by Gasteiger charge is 2.41. The summed E-state index contributed by atoms with van der Waals surface area (Å²) < 4.78 is 0. The molecule has 0 aromatic carbocycles. The van der Waals surface area contributed by atoms with Crippen molar-refractivity contribution in [2.24, 2.45) is 0 Å². The van der Waals surface area contributed by atoms with Crippen LogP contribution in [0.25, 0.3) is 0 Å².